The predicted molar refractivity (Wildman–Crippen MR) is 86.5 cm³/mol. The highest BCUT2D eigenvalue weighted by atomic mass is 16.7. The summed E-state index contributed by atoms with van der Waals surface area (Å²) in [5.74, 6) is -0.112. The first-order valence-electron chi connectivity index (χ1n) is 7.47. The average molecular weight is 300 g/mol. The number of fused-ring (bicyclic) bond motifs is 1. The van der Waals surface area contributed by atoms with Gasteiger partial charge in [0.15, 0.2) is 0 Å². The van der Waals surface area contributed by atoms with E-state index in [1.165, 1.54) is 11.6 Å². The molecule has 1 aromatic heterocycles. The average Bonchev–Trinajstić information content (AvgIpc) is 2.87. The van der Waals surface area contributed by atoms with Gasteiger partial charge in [-0.25, -0.2) is 4.68 Å². The zero-order valence-electron chi connectivity index (χ0n) is 13.9. The van der Waals surface area contributed by atoms with Crippen molar-refractivity contribution in [2.75, 3.05) is 0 Å². The lowest BCUT2D eigenvalue weighted by Gasteiger charge is -2.32. The Morgan fingerprint density at radius 3 is 2.32 bits per heavy atom. The molecule has 0 aliphatic carbocycles. The minimum absolute atomic E-state index is 0.112. The van der Waals surface area contributed by atoms with Crippen molar-refractivity contribution in [3.8, 4) is 0 Å². The molecule has 2 aromatic rings. The summed E-state index contributed by atoms with van der Waals surface area (Å²) in [6, 6.07) is 3.96. The Kier molecular flexibility index (Phi) is 3.24. The molecule has 0 unspecified atom stereocenters. The molecule has 0 bridgehead atoms. The lowest BCUT2D eigenvalue weighted by atomic mass is 9.76. The standard InChI is InChI=1S/C16H21BN2O3/c1-10-7-12-9-18-19(11(2)20)14(12)8-13(10)17-21-15(3,4)16(5,6)22-17/h7-9H,1-6H3. The van der Waals surface area contributed by atoms with Gasteiger partial charge in [-0.05, 0) is 52.2 Å². The van der Waals surface area contributed by atoms with Gasteiger partial charge in [-0.1, -0.05) is 5.56 Å². The normalized spacial score (nSPS) is 19.8. The molecule has 0 radical (unpaired) electrons. The van der Waals surface area contributed by atoms with Crippen LogP contribution in [0.2, 0.25) is 0 Å². The fraction of sp³-hybridized carbons (Fsp3) is 0.500. The van der Waals surface area contributed by atoms with E-state index >= 15 is 0 Å². The van der Waals surface area contributed by atoms with Crippen molar-refractivity contribution in [2.45, 2.75) is 52.7 Å². The summed E-state index contributed by atoms with van der Waals surface area (Å²) in [4.78, 5) is 11.7. The summed E-state index contributed by atoms with van der Waals surface area (Å²) in [6.07, 6.45) is 1.71. The van der Waals surface area contributed by atoms with Crippen LogP contribution in [0, 0.1) is 6.92 Å². The molecule has 1 aromatic carbocycles. The van der Waals surface area contributed by atoms with Crippen molar-refractivity contribution in [2.24, 2.45) is 0 Å². The predicted octanol–water partition coefficient (Wildman–Crippen LogP) is 2.30. The second-order valence-electron chi connectivity index (χ2n) is 6.93. The van der Waals surface area contributed by atoms with Gasteiger partial charge in [-0.3, -0.25) is 4.79 Å². The molecule has 22 heavy (non-hydrogen) atoms. The lowest BCUT2D eigenvalue weighted by Crippen LogP contribution is -2.41. The molecule has 1 saturated heterocycles. The molecule has 1 aliphatic rings. The maximum Gasteiger partial charge on any atom is 0.495 e. The van der Waals surface area contributed by atoms with Gasteiger partial charge in [0.25, 0.3) is 0 Å². The van der Waals surface area contributed by atoms with Crippen LogP contribution in [-0.2, 0) is 9.31 Å². The van der Waals surface area contributed by atoms with Gasteiger partial charge in [-0.2, -0.15) is 5.10 Å². The van der Waals surface area contributed by atoms with E-state index in [2.05, 4.69) is 5.10 Å². The monoisotopic (exact) mass is 300 g/mol. The van der Waals surface area contributed by atoms with Crippen LogP contribution in [0.3, 0.4) is 0 Å². The third-order valence-corrected chi connectivity index (χ3v) is 4.76. The fourth-order valence-electron chi connectivity index (χ4n) is 2.68. The van der Waals surface area contributed by atoms with Crippen LogP contribution < -0.4 is 5.46 Å². The van der Waals surface area contributed by atoms with E-state index < -0.39 is 7.12 Å². The molecule has 5 nitrogen and oxygen atoms in total. The molecule has 6 heteroatoms. The van der Waals surface area contributed by atoms with Crippen LogP contribution in [-0.4, -0.2) is 34.0 Å². The van der Waals surface area contributed by atoms with E-state index in [0.717, 1.165) is 21.9 Å². The van der Waals surface area contributed by atoms with Gasteiger partial charge in [0.2, 0.25) is 5.91 Å². The van der Waals surface area contributed by atoms with Gasteiger partial charge in [0.05, 0.1) is 22.9 Å². The summed E-state index contributed by atoms with van der Waals surface area (Å²) in [7, 11) is -0.440. The van der Waals surface area contributed by atoms with Crippen molar-refractivity contribution in [3.63, 3.8) is 0 Å². The summed E-state index contributed by atoms with van der Waals surface area (Å²) in [6.45, 7) is 11.6. The second kappa shape index (κ2) is 4.67. The minimum Gasteiger partial charge on any atom is -0.399 e. The molecule has 0 N–H and O–H groups in total. The molecule has 0 atom stereocenters. The first kappa shape index (κ1) is 15.2. The number of benzene rings is 1. The molecule has 0 amide bonds. The molecule has 0 spiro atoms. The molecule has 116 valence electrons. The Balaban J connectivity index is 2.10. The summed E-state index contributed by atoms with van der Waals surface area (Å²) < 4.78 is 13.6. The Morgan fingerprint density at radius 2 is 1.77 bits per heavy atom. The lowest BCUT2D eigenvalue weighted by molar-refractivity contribution is 0.00578. The zero-order chi connectivity index (χ0) is 16.3. The van der Waals surface area contributed by atoms with E-state index in [9.17, 15) is 4.79 Å². The van der Waals surface area contributed by atoms with Gasteiger partial charge in [-0.15, -0.1) is 0 Å². The zero-order valence-corrected chi connectivity index (χ0v) is 13.9. The van der Waals surface area contributed by atoms with Crippen molar-refractivity contribution in [3.05, 3.63) is 23.9 Å². The van der Waals surface area contributed by atoms with Crippen LogP contribution in [0.15, 0.2) is 18.3 Å². The molecular weight excluding hydrogens is 279 g/mol. The number of hydrogen-bond donors (Lipinski definition) is 0. The fourth-order valence-corrected chi connectivity index (χ4v) is 2.68. The van der Waals surface area contributed by atoms with Crippen LogP contribution in [0.1, 0.15) is 45.0 Å². The van der Waals surface area contributed by atoms with Crippen LogP contribution in [0.25, 0.3) is 10.9 Å². The number of hydrogen-bond acceptors (Lipinski definition) is 4. The minimum atomic E-state index is -0.440. The Hall–Kier alpha value is -1.66. The van der Waals surface area contributed by atoms with E-state index in [4.69, 9.17) is 9.31 Å². The van der Waals surface area contributed by atoms with E-state index in [0.29, 0.717) is 0 Å². The number of aromatic nitrogens is 2. The third kappa shape index (κ3) is 2.18. The SMILES string of the molecule is CC(=O)n1ncc2cc(C)c(B3OC(C)(C)C(C)(C)O3)cc21. The van der Waals surface area contributed by atoms with Gasteiger partial charge in [0, 0.05) is 12.3 Å². The van der Waals surface area contributed by atoms with Crippen LogP contribution in [0.4, 0.5) is 0 Å². The van der Waals surface area contributed by atoms with E-state index in [1.54, 1.807) is 6.20 Å². The van der Waals surface area contributed by atoms with Gasteiger partial charge in [0.1, 0.15) is 0 Å². The summed E-state index contributed by atoms with van der Waals surface area (Å²) in [5.41, 5.74) is 2.01. The largest absolute Gasteiger partial charge is 0.495 e. The molecule has 1 aliphatic heterocycles. The highest BCUT2D eigenvalue weighted by molar-refractivity contribution is 6.63. The molecule has 1 fully saturated rings. The van der Waals surface area contributed by atoms with Gasteiger partial charge >= 0.3 is 7.12 Å². The first-order chi connectivity index (χ1) is 10.1. The highest BCUT2D eigenvalue weighted by Crippen LogP contribution is 2.36. The van der Waals surface area contributed by atoms with E-state index in [1.807, 2.05) is 46.8 Å². The third-order valence-electron chi connectivity index (χ3n) is 4.76. The number of rotatable bonds is 1. The van der Waals surface area contributed by atoms with E-state index in [-0.39, 0.29) is 17.1 Å². The van der Waals surface area contributed by atoms with Crippen molar-refractivity contribution in [1.82, 2.24) is 9.78 Å². The molecule has 3 rings (SSSR count). The quantitative estimate of drug-likeness (QED) is 0.758. The van der Waals surface area contributed by atoms with Gasteiger partial charge < -0.3 is 9.31 Å². The Labute approximate surface area is 130 Å². The smallest absolute Gasteiger partial charge is 0.399 e. The van der Waals surface area contributed by atoms with Crippen molar-refractivity contribution in [1.29, 1.82) is 0 Å². The highest BCUT2D eigenvalue weighted by Gasteiger charge is 2.52. The molecule has 2 heterocycles. The number of carbonyl (C=O) groups excluding carboxylic acids is 1. The Bertz CT molecular complexity index is 748. The summed E-state index contributed by atoms with van der Waals surface area (Å²) >= 11 is 0. The number of nitrogens with zero attached hydrogens (tertiary/aromatic N) is 2. The second-order valence-corrected chi connectivity index (χ2v) is 6.93. The van der Waals surface area contributed by atoms with Crippen LogP contribution in [0.5, 0.6) is 0 Å². The van der Waals surface area contributed by atoms with Crippen molar-refractivity contribution >= 4 is 29.4 Å². The maximum absolute atomic E-state index is 11.7. The number of aryl methyl sites for hydroxylation is 1. The van der Waals surface area contributed by atoms with Crippen LogP contribution >= 0.6 is 0 Å². The maximum atomic E-state index is 11.7. The summed E-state index contributed by atoms with van der Waals surface area (Å²) in [5, 5.41) is 5.08. The molecular formula is C16H21BN2O3. The van der Waals surface area contributed by atoms with Crippen molar-refractivity contribution < 1.29 is 14.1 Å². The topological polar surface area (TPSA) is 53.4 Å². The number of carbonyl (C=O) groups is 1. The first-order valence-corrected chi connectivity index (χ1v) is 7.47. The molecule has 0 saturated carbocycles. The Morgan fingerprint density at radius 1 is 1.18 bits per heavy atom.